The molecule has 0 radical (unpaired) electrons. The van der Waals surface area contributed by atoms with E-state index in [1.54, 1.807) is 13.0 Å². The molecule has 0 fully saturated rings. The van der Waals surface area contributed by atoms with Crippen molar-refractivity contribution in [3.8, 4) is 0 Å². The van der Waals surface area contributed by atoms with Crippen molar-refractivity contribution >= 4 is 11.8 Å². The molecule has 0 saturated carbocycles. The molecule has 0 unspecified atom stereocenters. The summed E-state index contributed by atoms with van der Waals surface area (Å²) >= 11 is 0. The summed E-state index contributed by atoms with van der Waals surface area (Å²) in [6.45, 7) is 2.17. The summed E-state index contributed by atoms with van der Waals surface area (Å²) in [6.07, 6.45) is 0.995. The molecule has 1 atom stereocenters. The zero-order valence-electron chi connectivity index (χ0n) is 9.23. The second-order valence-corrected chi connectivity index (χ2v) is 3.85. The summed E-state index contributed by atoms with van der Waals surface area (Å²) in [7, 11) is 0. The largest absolute Gasteiger partial charge is 0.466 e. The highest BCUT2D eigenvalue weighted by atomic mass is 16.5. The van der Waals surface area contributed by atoms with E-state index in [0.717, 1.165) is 5.56 Å². The number of benzene rings is 1. The van der Waals surface area contributed by atoms with Crippen LogP contribution in [0.15, 0.2) is 24.3 Å². The van der Waals surface area contributed by atoms with Gasteiger partial charge in [0.05, 0.1) is 12.5 Å². The van der Waals surface area contributed by atoms with Gasteiger partial charge in [-0.05, 0) is 18.9 Å². The summed E-state index contributed by atoms with van der Waals surface area (Å²) in [6, 6.07) is 7.30. The van der Waals surface area contributed by atoms with Crippen molar-refractivity contribution in [1.29, 1.82) is 0 Å². The van der Waals surface area contributed by atoms with Crippen molar-refractivity contribution in [3.05, 3.63) is 35.4 Å². The number of hydrogen-bond donors (Lipinski definition) is 0. The zero-order chi connectivity index (χ0) is 11.5. The number of carbonyl (C=O) groups is 2. The van der Waals surface area contributed by atoms with Crippen molar-refractivity contribution in [1.82, 2.24) is 0 Å². The maximum absolute atomic E-state index is 11.7. The van der Waals surface area contributed by atoms with Gasteiger partial charge >= 0.3 is 5.97 Å². The number of Topliss-reactive ketones (excluding diaryl/α,β-unsaturated/α-hetero) is 1. The van der Waals surface area contributed by atoms with Gasteiger partial charge in [0.25, 0.3) is 0 Å². The fraction of sp³-hybridized carbons (Fsp3) is 0.385. The first-order valence-electron chi connectivity index (χ1n) is 5.52. The molecule has 0 amide bonds. The van der Waals surface area contributed by atoms with Gasteiger partial charge in [-0.3, -0.25) is 9.59 Å². The molecule has 2 rings (SSSR count). The van der Waals surface area contributed by atoms with Crippen LogP contribution in [-0.2, 0) is 9.53 Å². The minimum Gasteiger partial charge on any atom is -0.466 e. The number of esters is 1. The quantitative estimate of drug-likeness (QED) is 0.715. The Balaban J connectivity index is 2.34. The Morgan fingerprint density at radius 2 is 2.19 bits per heavy atom. The third-order valence-electron chi connectivity index (χ3n) is 2.87. The van der Waals surface area contributed by atoms with Gasteiger partial charge in [-0.15, -0.1) is 0 Å². The van der Waals surface area contributed by atoms with Crippen LogP contribution < -0.4 is 0 Å². The van der Waals surface area contributed by atoms with Crippen molar-refractivity contribution in [3.63, 3.8) is 0 Å². The van der Waals surface area contributed by atoms with Crippen LogP contribution in [0.2, 0.25) is 0 Å². The highest BCUT2D eigenvalue weighted by Crippen LogP contribution is 2.32. The fourth-order valence-electron chi connectivity index (χ4n) is 2.11. The third-order valence-corrected chi connectivity index (χ3v) is 2.87. The molecule has 16 heavy (non-hydrogen) atoms. The van der Waals surface area contributed by atoms with E-state index in [9.17, 15) is 9.59 Å². The third kappa shape index (κ3) is 1.85. The number of fused-ring (bicyclic) bond motifs is 1. The van der Waals surface area contributed by atoms with Crippen molar-refractivity contribution in [2.45, 2.75) is 25.7 Å². The minimum atomic E-state index is -0.270. The minimum absolute atomic E-state index is 0.121. The molecule has 1 aliphatic carbocycles. The molecule has 3 heteroatoms. The van der Waals surface area contributed by atoms with Crippen LogP contribution in [0.1, 0.15) is 41.6 Å². The van der Waals surface area contributed by atoms with Crippen molar-refractivity contribution < 1.29 is 14.3 Å². The first-order chi connectivity index (χ1) is 7.74. The molecule has 84 valence electrons. The second kappa shape index (κ2) is 4.47. The molecule has 0 aliphatic heterocycles. The summed E-state index contributed by atoms with van der Waals surface area (Å²) < 4.78 is 5.02. The number of hydrogen-bond acceptors (Lipinski definition) is 3. The van der Waals surface area contributed by atoms with Crippen molar-refractivity contribution in [2.75, 3.05) is 6.61 Å². The smallest absolute Gasteiger partial charge is 0.313 e. The molecular formula is C13H14O3. The molecule has 3 nitrogen and oxygen atoms in total. The van der Waals surface area contributed by atoms with Crippen LogP contribution in [0, 0.1) is 0 Å². The molecule has 1 aliphatic rings. The van der Waals surface area contributed by atoms with Gasteiger partial charge in [0.1, 0.15) is 0 Å². The first kappa shape index (κ1) is 10.9. The van der Waals surface area contributed by atoms with Gasteiger partial charge in [0.2, 0.25) is 0 Å². The lowest BCUT2D eigenvalue weighted by Gasteiger charge is -2.22. The molecular weight excluding hydrogens is 204 g/mol. The standard InChI is InChI=1S/C13H14O3/c1-2-16-13(15)11-7-8-12(14)10-6-4-3-5-9(10)11/h3-6,11H,2,7-8H2,1H3/t11-/m0/s1. The zero-order valence-corrected chi connectivity index (χ0v) is 9.23. The van der Waals surface area contributed by atoms with E-state index in [4.69, 9.17) is 4.74 Å². The molecule has 0 saturated heterocycles. The van der Waals surface area contributed by atoms with Gasteiger partial charge in [-0.2, -0.15) is 0 Å². The second-order valence-electron chi connectivity index (χ2n) is 3.85. The van der Waals surface area contributed by atoms with Crippen LogP contribution in [0.25, 0.3) is 0 Å². The summed E-state index contributed by atoms with van der Waals surface area (Å²) in [5, 5.41) is 0. The van der Waals surface area contributed by atoms with E-state index in [1.165, 1.54) is 0 Å². The summed E-state index contributed by atoms with van der Waals surface area (Å²) in [4.78, 5) is 23.4. The van der Waals surface area contributed by atoms with E-state index in [0.29, 0.717) is 25.0 Å². The molecule has 1 aromatic rings. The Hall–Kier alpha value is -1.64. The Kier molecular flexibility index (Phi) is 3.04. The number of ketones is 1. The highest BCUT2D eigenvalue weighted by Gasteiger charge is 2.30. The lowest BCUT2D eigenvalue weighted by atomic mass is 9.82. The Morgan fingerprint density at radius 3 is 2.94 bits per heavy atom. The first-order valence-corrected chi connectivity index (χ1v) is 5.52. The Morgan fingerprint density at radius 1 is 1.44 bits per heavy atom. The fourth-order valence-corrected chi connectivity index (χ4v) is 2.11. The molecule has 1 aromatic carbocycles. The van der Waals surface area contributed by atoms with Gasteiger partial charge in [-0.1, -0.05) is 24.3 Å². The monoisotopic (exact) mass is 218 g/mol. The molecule has 0 bridgehead atoms. The van der Waals surface area contributed by atoms with Gasteiger partial charge < -0.3 is 4.74 Å². The predicted octanol–water partition coefficient (Wildman–Crippen LogP) is 2.31. The lowest BCUT2D eigenvalue weighted by molar-refractivity contribution is -0.145. The Bertz CT molecular complexity index is 423. The van der Waals surface area contributed by atoms with E-state index in [-0.39, 0.29) is 17.7 Å². The summed E-state index contributed by atoms with van der Waals surface area (Å²) in [5.41, 5.74) is 1.49. The Labute approximate surface area is 94.4 Å². The van der Waals surface area contributed by atoms with Crippen LogP contribution >= 0.6 is 0 Å². The van der Waals surface area contributed by atoms with Crippen LogP contribution in [0.4, 0.5) is 0 Å². The van der Waals surface area contributed by atoms with E-state index in [2.05, 4.69) is 0 Å². The van der Waals surface area contributed by atoms with Crippen LogP contribution in [0.3, 0.4) is 0 Å². The number of rotatable bonds is 2. The average molecular weight is 218 g/mol. The summed E-state index contributed by atoms with van der Waals surface area (Å²) in [5.74, 6) is -0.368. The van der Waals surface area contributed by atoms with Gasteiger partial charge in [0.15, 0.2) is 5.78 Å². The number of carbonyl (C=O) groups excluding carboxylic acids is 2. The van der Waals surface area contributed by atoms with Gasteiger partial charge in [0, 0.05) is 12.0 Å². The lowest BCUT2D eigenvalue weighted by Crippen LogP contribution is -2.23. The van der Waals surface area contributed by atoms with Crippen molar-refractivity contribution in [2.24, 2.45) is 0 Å². The molecule has 0 heterocycles. The SMILES string of the molecule is CCOC(=O)[C@H]1CCC(=O)c2ccccc21. The van der Waals surface area contributed by atoms with Crippen LogP contribution in [-0.4, -0.2) is 18.4 Å². The maximum atomic E-state index is 11.7. The topological polar surface area (TPSA) is 43.4 Å². The van der Waals surface area contributed by atoms with E-state index < -0.39 is 0 Å². The van der Waals surface area contributed by atoms with Crippen LogP contribution in [0.5, 0.6) is 0 Å². The molecule has 0 spiro atoms. The number of ether oxygens (including phenoxy) is 1. The van der Waals surface area contributed by atoms with Gasteiger partial charge in [-0.25, -0.2) is 0 Å². The maximum Gasteiger partial charge on any atom is 0.313 e. The van der Waals surface area contributed by atoms with E-state index >= 15 is 0 Å². The highest BCUT2D eigenvalue weighted by molar-refractivity contribution is 6.01. The predicted molar refractivity (Wildman–Crippen MR) is 59.4 cm³/mol. The molecule has 0 N–H and O–H groups in total. The van der Waals surface area contributed by atoms with E-state index in [1.807, 2.05) is 18.2 Å². The normalized spacial score (nSPS) is 19.1. The average Bonchev–Trinajstić information content (AvgIpc) is 2.30. The molecule has 0 aromatic heterocycles.